The summed E-state index contributed by atoms with van der Waals surface area (Å²) < 4.78 is 14.1. The molecule has 104 valence electrons. The van der Waals surface area contributed by atoms with E-state index in [0.717, 1.165) is 11.4 Å². The summed E-state index contributed by atoms with van der Waals surface area (Å²) >= 11 is -1.17. The van der Waals surface area contributed by atoms with Crippen LogP contribution in [-0.2, 0) is 28.8 Å². The number of nitrogens with zero attached hydrogens (tertiary/aromatic N) is 4. The monoisotopic (exact) mass is 282 g/mol. The summed E-state index contributed by atoms with van der Waals surface area (Å²) in [5.41, 5.74) is 1.63. The number of oxime groups is 1. The van der Waals surface area contributed by atoms with Crippen molar-refractivity contribution in [3.05, 3.63) is 11.4 Å². The Hall–Kier alpha value is -1.08. The van der Waals surface area contributed by atoms with Crippen LogP contribution in [0.25, 0.3) is 0 Å². The maximum Gasteiger partial charge on any atom is 0.259 e. The van der Waals surface area contributed by atoms with E-state index >= 15 is 0 Å². The van der Waals surface area contributed by atoms with Crippen molar-refractivity contribution in [3.8, 4) is 0 Å². The van der Waals surface area contributed by atoms with Crippen LogP contribution in [0.5, 0.6) is 0 Å². The second-order valence-electron chi connectivity index (χ2n) is 5.82. The SMILES string of the molecule is Cn1nnc(C[S+]([O-])C2=NOC(C)(C)C2)c1C1CC1. The van der Waals surface area contributed by atoms with Gasteiger partial charge in [0.15, 0.2) is 5.75 Å². The average Bonchev–Trinajstić information content (AvgIpc) is 3.01. The molecule has 0 spiro atoms. The first-order valence-corrected chi connectivity index (χ1v) is 7.80. The zero-order chi connectivity index (χ0) is 13.6. The first kappa shape index (κ1) is 12.9. The van der Waals surface area contributed by atoms with Crippen molar-refractivity contribution in [2.24, 2.45) is 12.2 Å². The van der Waals surface area contributed by atoms with Gasteiger partial charge in [0.05, 0.1) is 12.1 Å². The molecule has 0 radical (unpaired) electrons. The average molecular weight is 282 g/mol. The Morgan fingerprint density at radius 1 is 1.47 bits per heavy atom. The van der Waals surface area contributed by atoms with Gasteiger partial charge in [-0.3, -0.25) is 4.68 Å². The minimum atomic E-state index is -1.17. The number of aryl methyl sites for hydroxylation is 1. The number of aromatic nitrogens is 3. The highest BCUT2D eigenvalue weighted by Gasteiger charge is 2.38. The second-order valence-corrected chi connectivity index (χ2v) is 7.27. The fourth-order valence-electron chi connectivity index (χ4n) is 2.30. The van der Waals surface area contributed by atoms with Gasteiger partial charge >= 0.3 is 0 Å². The van der Waals surface area contributed by atoms with Crippen molar-refractivity contribution in [1.82, 2.24) is 15.0 Å². The van der Waals surface area contributed by atoms with Gasteiger partial charge < -0.3 is 9.39 Å². The van der Waals surface area contributed by atoms with E-state index in [4.69, 9.17) is 4.84 Å². The van der Waals surface area contributed by atoms with Crippen molar-refractivity contribution in [1.29, 1.82) is 0 Å². The van der Waals surface area contributed by atoms with Crippen molar-refractivity contribution in [3.63, 3.8) is 0 Å². The predicted molar refractivity (Wildman–Crippen MR) is 72.0 cm³/mol. The largest absolute Gasteiger partial charge is 0.610 e. The summed E-state index contributed by atoms with van der Waals surface area (Å²) in [6, 6.07) is 0. The van der Waals surface area contributed by atoms with E-state index in [9.17, 15) is 4.55 Å². The second kappa shape index (κ2) is 4.49. The minimum absolute atomic E-state index is 0.341. The van der Waals surface area contributed by atoms with E-state index in [0.29, 0.717) is 23.1 Å². The van der Waals surface area contributed by atoms with Crippen LogP contribution in [0.3, 0.4) is 0 Å². The topological polar surface area (TPSA) is 75.4 Å². The molecule has 1 aromatic heterocycles. The summed E-state index contributed by atoms with van der Waals surface area (Å²) in [6.45, 7) is 3.89. The Balaban J connectivity index is 1.72. The Labute approximate surface area is 115 Å². The molecule has 1 aliphatic heterocycles. The summed E-state index contributed by atoms with van der Waals surface area (Å²) in [4.78, 5) is 5.26. The molecule has 2 heterocycles. The van der Waals surface area contributed by atoms with Gasteiger partial charge in [-0.2, -0.15) is 0 Å². The van der Waals surface area contributed by atoms with Crippen LogP contribution in [-0.4, -0.2) is 30.2 Å². The number of rotatable bonds is 3. The molecular formula is C12H18N4O2S. The molecule has 6 nitrogen and oxygen atoms in total. The third-order valence-electron chi connectivity index (χ3n) is 3.41. The molecule has 0 aromatic carbocycles. The van der Waals surface area contributed by atoms with Gasteiger partial charge in [0.1, 0.15) is 11.3 Å². The lowest BCUT2D eigenvalue weighted by Gasteiger charge is -2.13. The molecule has 7 heteroatoms. The fraction of sp³-hybridized carbons (Fsp3) is 0.750. The highest BCUT2D eigenvalue weighted by atomic mass is 32.2. The Morgan fingerprint density at radius 3 is 2.79 bits per heavy atom. The van der Waals surface area contributed by atoms with Crippen LogP contribution < -0.4 is 0 Å². The molecule has 1 unspecified atom stereocenters. The normalized spacial score (nSPS) is 23.1. The lowest BCUT2D eigenvalue weighted by Crippen LogP contribution is -2.23. The molecule has 1 fully saturated rings. The molecule has 1 aromatic rings. The van der Waals surface area contributed by atoms with Crippen LogP contribution in [0.15, 0.2) is 5.16 Å². The quantitative estimate of drug-likeness (QED) is 0.786. The smallest absolute Gasteiger partial charge is 0.259 e. The minimum Gasteiger partial charge on any atom is -0.610 e. The van der Waals surface area contributed by atoms with E-state index in [1.54, 1.807) is 4.68 Å². The van der Waals surface area contributed by atoms with Gasteiger partial charge in [0, 0.05) is 24.1 Å². The van der Waals surface area contributed by atoms with Gasteiger partial charge in [0.2, 0.25) is 0 Å². The highest BCUT2D eigenvalue weighted by Crippen LogP contribution is 2.41. The molecule has 3 rings (SSSR count). The molecule has 0 saturated heterocycles. The molecule has 1 atom stereocenters. The van der Waals surface area contributed by atoms with Crippen LogP contribution in [0.4, 0.5) is 0 Å². The van der Waals surface area contributed by atoms with Crippen LogP contribution in [0.1, 0.15) is 50.4 Å². The predicted octanol–water partition coefficient (Wildman–Crippen LogP) is 1.45. The molecule has 0 amide bonds. The Morgan fingerprint density at radius 2 is 2.21 bits per heavy atom. The summed E-state index contributed by atoms with van der Waals surface area (Å²) in [7, 11) is 1.90. The number of hydrogen-bond donors (Lipinski definition) is 0. The lowest BCUT2D eigenvalue weighted by atomic mass is 10.1. The molecule has 1 aliphatic carbocycles. The molecular weight excluding hydrogens is 264 g/mol. The molecule has 0 bridgehead atoms. The van der Waals surface area contributed by atoms with Gasteiger partial charge in [-0.1, -0.05) is 5.21 Å². The van der Waals surface area contributed by atoms with Crippen LogP contribution in [0, 0.1) is 0 Å². The van der Waals surface area contributed by atoms with Crippen LogP contribution in [0.2, 0.25) is 0 Å². The van der Waals surface area contributed by atoms with Gasteiger partial charge in [-0.15, -0.1) is 5.10 Å². The van der Waals surface area contributed by atoms with E-state index in [-0.39, 0.29) is 5.60 Å². The molecule has 0 N–H and O–H groups in total. The summed E-state index contributed by atoms with van der Waals surface area (Å²) in [6.07, 6.45) is 2.97. The summed E-state index contributed by atoms with van der Waals surface area (Å²) in [5.74, 6) is 0.933. The van der Waals surface area contributed by atoms with Crippen molar-refractivity contribution >= 4 is 16.2 Å². The van der Waals surface area contributed by atoms with Crippen molar-refractivity contribution in [2.45, 2.75) is 50.4 Å². The van der Waals surface area contributed by atoms with E-state index in [2.05, 4.69) is 15.5 Å². The van der Waals surface area contributed by atoms with Gasteiger partial charge in [0.25, 0.3) is 5.04 Å². The fourth-order valence-corrected chi connectivity index (χ4v) is 3.55. The van der Waals surface area contributed by atoms with Crippen molar-refractivity contribution < 1.29 is 9.39 Å². The van der Waals surface area contributed by atoms with Gasteiger partial charge in [-0.25, -0.2) is 0 Å². The van der Waals surface area contributed by atoms with Gasteiger partial charge in [-0.05, 0) is 31.8 Å². The molecule has 19 heavy (non-hydrogen) atoms. The standard InChI is InChI=1S/C12H18N4O2S/c1-12(2)6-10(14-18-12)19(17)7-9-11(8-4-5-8)16(3)15-13-9/h8H,4-7H2,1-3H3. The third kappa shape index (κ3) is 2.62. The molecule has 1 saturated carbocycles. The zero-order valence-electron chi connectivity index (χ0n) is 11.4. The lowest BCUT2D eigenvalue weighted by molar-refractivity contribution is 0.0123. The Bertz CT molecular complexity index is 522. The molecule has 2 aliphatic rings. The van der Waals surface area contributed by atoms with Crippen molar-refractivity contribution in [2.75, 3.05) is 0 Å². The van der Waals surface area contributed by atoms with E-state index in [1.807, 2.05) is 20.9 Å². The maximum atomic E-state index is 12.3. The summed E-state index contributed by atoms with van der Waals surface area (Å²) in [5, 5.41) is 12.8. The van der Waals surface area contributed by atoms with E-state index < -0.39 is 11.2 Å². The Kier molecular flexibility index (Phi) is 3.05. The first-order chi connectivity index (χ1) is 8.96. The third-order valence-corrected chi connectivity index (χ3v) is 4.69. The van der Waals surface area contributed by atoms with Crippen LogP contribution >= 0.6 is 0 Å². The van der Waals surface area contributed by atoms with E-state index in [1.165, 1.54) is 12.8 Å². The maximum absolute atomic E-state index is 12.3. The zero-order valence-corrected chi connectivity index (χ0v) is 12.2. The number of hydrogen-bond acceptors (Lipinski definition) is 5. The highest BCUT2D eigenvalue weighted by molar-refractivity contribution is 8.05. The first-order valence-electron chi connectivity index (χ1n) is 6.48.